The Morgan fingerprint density at radius 1 is 1.18 bits per heavy atom. The molecule has 0 radical (unpaired) electrons. The number of aliphatic hydroxyl groups is 1. The van der Waals surface area contributed by atoms with Crippen molar-refractivity contribution >= 4 is 0 Å². The Labute approximate surface area is 131 Å². The van der Waals surface area contributed by atoms with Gasteiger partial charge in [-0.05, 0) is 49.9 Å². The first-order valence-corrected chi connectivity index (χ1v) is 8.03. The van der Waals surface area contributed by atoms with E-state index in [0.29, 0.717) is 6.54 Å². The van der Waals surface area contributed by atoms with Gasteiger partial charge in [0.15, 0.2) is 0 Å². The molecule has 1 saturated carbocycles. The van der Waals surface area contributed by atoms with Crippen LogP contribution in [0.3, 0.4) is 0 Å². The summed E-state index contributed by atoms with van der Waals surface area (Å²) in [6, 6.07) is 6.48. The fraction of sp³-hybridized carbons (Fsp3) is 0.529. The highest BCUT2D eigenvalue weighted by Crippen LogP contribution is 2.18. The Morgan fingerprint density at radius 2 is 1.91 bits per heavy atom. The van der Waals surface area contributed by atoms with E-state index in [4.69, 9.17) is 0 Å². The van der Waals surface area contributed by atoms with E-state index < -0.39 is 0 Å². The molecule has 2 unspecified atom stereocenters. The van der Waals surface area contributed by atoms with Crippen molar-refractivity contribution in [1.82, 2.24) is 20.3 Å². The summed E-state index contributed by atoms with van der Waals surface area (Å²) in [6.45, 7) is 4.80. The molecule has 0 aliphatic heterocycles. The molecule has 22 heavy (non-hydrogen) atoms. The van der Waals surface area contributed by atoms with Crippen molar-refractivity contribution in [2.45, 2.75) is 58.2 Å². The molecule has 0 amide bonds. The van der Waals surface area contributed by atoms with E-state index in [2.05, 4.69) is 47.6 Å². The molecule has 0 bridgehead atoms. The van der Waals surface area contributed by atoms with Crippen molar-refractivity contribution in [2.75, 3.05) is 0 Å². The second-order valence-corrected chi connectivity index (χ2v) is 6.31. The lowest BCUT2D eigenvalue weighted by molar-refractivity contribution is 0.0901. The van der Waals surface area contributed by atoms with E-state index in [1.165, 1.54) is 17.5 Å². The molecule has 118 valence electrons. The Hall–Kier alpha value is -1.72. The van der Waals surface area contributed by atoms with Gasteiger partial charge in [-0.15, -0.1) is 0 Å². The third kappa shape index (κ3) is 3.54. The first-order chi connectivity index (χ1) is 10.6. The number of nitrogens with zero attached hydrogens (tertiary/aromatic N) is 3. The molecule has 1 aliphatic carbocycles. The molecule has 2 atom stereocenters. The van der Waals surface area contributed by atoms with Crippen LogP contribution in [0.2, 0.25) is 0 Å². The predicted molar refractivity (Wildman–Crippen MR) is 85.9 cm³/mol. The summed E-state index contributed by atoms with van der Waals surface area (Å²) >= 11 is 0. The fourth-order valence-electron chi connectivity index (χ4n) is 3.15. The summed E-state index contributed by atoms with van der Waals surface area (Å²) < 4.78 is 0. The number of hydrogen-bond donors (Lipinski definition) is 2. The van der Waals surface area contributed by atoms with Gasteiger partial charge in [0.25, 0.3) is 0 Å². The highest BCUT2D eigenvalue weighted by molar-refractivity contribution is 5.37. The van der Waals surface area contributed by atoms with E-state index in [1.54, 1.807) is 11.0 Å². The van der Waals surface area contributed by atoms with E-state index in [9.17, 15) is 5.11 Å². The number of hydrogen-bond acceptors (Lipinski definition) is 4. The van der Waals surface area contributed by atoms with Crippen molar-refractivity contribution < 1.29 is 5.11 Å². The van der Waals surface area contributed by atoms with Crippen LogP contribution in [0.25, 0.3) is 5.69 Å². The molecule has 1 aliphatic rings. The molecule has 5 heteroatoms. The Balaban J connectivity index is 1.66. The molecule has 1 heterocycles. The van der Waals surface area contributed by atoms with Crippen LogP contribution in [0.4, 0.5) is 0 Å². The normalized spacial score (nSPS) is 22.0. The van der Waals surface area contributed by atoms with Crippen LogP contribution < -0.4 is 5.32 Å². The van der Waals surface area contributed by atoms with Crippen molar-refractivity contribution in [3.05, 3.63) is 41.2 Å². The van der Waals surface area contributed by atoms with Gasteiger partial charge in [0.2, 0.25) is 0 Å². The number of nitrogens with one attached hydrogen (secondary N) is 1. The minimum absolute atomic E-state index is 0.181. The topological polar surface area (TPSA) is 63.0 Å². The fourth-order valence-corrected chi connectivity index (χ4v) is 3.15. The second kappa shape index (κ2) is 6.58. The third-order valence-corrected chi connectivity index (χ3v) is 4.25. The van der Waals surface area contributed by atoms with Crippen LogP contribution in [0.15, 0.2) is 24.4 Å². The molecule has 1 aromatic heterocycles. The van der Waals surface area contributed by atoms with Gasteiger partial charge in [-0.1, -0.05) is 18.9 Å². The summed E-state index contributed by atoms with van der Waals surface area (Å²) in [7, 11) is 0. The quantitative estimate of drug-likeness (QED) is 0.909. The average Bonchev–Trinajstić information content (AvgIpc) is 2.94. The summed E-state index contributed by atoms with van der Waals surface area (Å²) in [5, 5.41) is 22.3. The number of aromatic nitrogens is 3. The van der Waals surface area contributed by atoms with E-state index in [1.807, 2.05) is 0 Å². The molecule has 0 saturated heterocycles. The van der Waals surface area contributed by atoms with Crippen LogP contribution >= 0.6 is 0 Å². The molecule has 1 aromatic carbocycles. The molecule has 1 fully saturated rings. The summed E-state index contributed by atoms with van der Waals surface area (Å²) in [5.74, 6) is 0. The van der Waals surface area contributed by atoms with E-state index in [-0.39, 0.29) is 12.1 Å². The zero-order chi connectivity index (χ0) is 15.5. The maximum absolute atomic E-state index is 9.99. The highest BCUT2D eigenvalue weighted by Gasteiger charge is 2.22. The minimum atomic E-state index is -0.233. The van der Waals surface area contributed by atoms with Gasteiger partial charge >= 0.3 is 0 Å². The smallest absolute Gasteiger partial charge is 0.0969 e. The maximum atomic E-state index is 9.99. The van der Waals surface area contributed by atoms with Crippen LogP contribution in [0.1, 0.15) is 42.5 Å². The Morgan fingerprint density at radius 3 is 2.64 bits per heavy atom. The second-order valence-electron chi connectivity index (χ2n) is 6.31. The third-order valence-electron chi connectivity index (χ3n) is 4.25. The largest absolute Gasteiger partial charge is 0.392 e. The SMILES string of the molecule is Cc1cc(C)cc(-n2ncc(CNC3CCCCC3O)n2)c1. The Bertz CT molecular complexity index is 617. The van der Waals surface area contributed by atoms with Crippen LogP contribution in [0, 0.1) is 13.8 Å². The lowest BCUT2D eigenvalue weighted by Gasteiger charge is -2.28. The van der Waals surface area contributed by atoms with Crippen molar-refractivity contribution in [3.63, 3.8) is 0 Å². The summed E-state index contributed by atoms with van der Waals surface area (Å²) in [4.78, 5) is 1.67. The molecule has 0 spiro atoms. The predicted octanol–water partition coefficient (Wildman–Crippen LogP) is 2.28. The van der Waals surface area contributed by atoms with Crippen LogP contribution in [0.5, 0.6) is 0 Å². The van der Waals surface area contributed by atoms with Gasteiger partial charge in [-0.3, -0.25) is 0 Å². The highest BCUT2D eigenvalue weighted by atomic mass is 16.3. The van der Waals surface area contributed by atoms with Gasteiger partial charge in [0.05, 0.1) is 23.7 Å². The molecule has 2 aromatic rings. The molecule has 2 N–H and O–H groups in total. The molecule has 5 nitrogen and oxygen atoms in total. The van der Waals surface area contributed by atoms with Gasteiger partial charge in [-0.25, -0.2) is 0 Å². The number of benzene rings is 1. The molecular formula is C17H24N4O. The number of rotatable bonds is 4. The number of aryl methyl sites for hydroxylation is 2. The van der Waals surface area contributed by atoms with E-state index >= 15 is 0 Å². The minimum Gasteiger partial charge on any atom is -0.392 e. The van der Waals surface area contributed by atoms with Gasteiger partial charge in [0.1, 0.15) is 0 Å². The van der Waals surface area contributed by atoms with Crippen LogP contribution in [-0.4, -0.2) is 32.2 Å². The van der Waals surface area contributed by atoms with Gasteiger partial charge in [-0.2, -0.15) is 15.0 Å². The standard InChI is InChI=1S/C17H24N4O/c1-12-7-13(2)9-15(8-12)21-19-11-14(20-21)10-18-16-5-3-4-6-17(16)22/h7-9,11,16-18,22H,3-6,10H2,1-2H3. The molecule has 3 rings (SSSR count). The summed E-state index contributed by atoms with van der Waals surface area (Å²) in [6.07, 6.45) is 5.80. The van der Waals surface area contributed by atoms with Crippen LogP contribution in [-0.2, 0) is 6.54 Å². The van der Waals surface area contributed by atoms with Crippen molar-refractivity contribution in [3.8, 4) is 5.69 Å². The maximum Gasteiger partial charge on any atom is 0.0969 e. The Kier molecular flexibility index (Phi) is 4.55. The lowest BCUT2D eigenvalue weighted by Crippen LogP contribution is -2.41. The lowest BCUT2D eigenvalue weighted by atomic mass is 9.92. The van der Waals surface area contributed by atoms with Gasteiger partial charge in [0, 0.05) is 12.6 Å². The van der Waals surface area contributed by atoms with E-state index in [0.717, 1.165) is 30.6 Å². The average molecular weight is 300 g/mol. The van der Waals surface area contributed by atoms with Crippen molar-refractivity contribution in [2.24, 2.45) is 0 Å². The number of aliphatic hydroxyl groups excluding tert-OH is 1. The first kappa shape index (κ1) is 15.2. The summed E-state index contributed by atoms with van der Waals surface area (Å²) in [5.41, 5.74) is 4.30. The van der Waals surface area contributed by atoms with Gasteiger partial charge < -0.3 is 10.4 Å². The van der Waals surface area contributed by atoms with Crippen molar-refractivity contribution in [1.29, 1.82) is 0 Å². The zero-order valence-electron chi connectivity index (χ0n) is 13.3. The first-order valence-electron chi connectivity index (χ1n) is 8.03. The zero-order valence-corrected chi connectivity index (χ0v) is 13.3. The molecular weight excluding hydrogens is 276 g/mol. The monoisotopic (exact) mass is 300 g/mol.